The Morgan fingerprint density at radius 3 is 2.82 bits per heavy atom. The molecular weight excluding hydrogens is 270 g/mol. The molecule has 2 rings (SSSR count). The number of rotatable bonds is 7. The van der Waals surface area contributed by atoms with Gasteiger partial charge in [0.2, 0.25) is 5.95 Å². The van der Waals surface area contributed by atoms with Crippen molar-refractivity contribution in [3.63, 3.8) is 0 Å². The maximum atomic E-state index is 4.63. The number of hydrogen-bond acceptors (Lipinski definition) is 2. The molecule has 0 bridgehead atoms. The molecule has 0 saturated heterocycles. The van der Waals surface area contributed by atoms with E-state index in [1.165, 1.54) is 5.57 Å². The van der Waals surface area contributed by atoms with Crippen LogP contribution < -0.4 is 5.32 Å². The van der Waals surface area contributed by atoms with Gasteiger partial charge in [0, 0.05) is 13.6 Å². The predicted molar refractivity (Wildman–Crippen MR) is 96.1 cm³/mol. The van der Waals surface area contributed by atoms with Crippen molar-refractivity contribution in [3.8, 4) is 0 Å². The Morgan fingerprint density at radius 2 is 2.14 bits per heavy atom. The molecule has 2 aromatic rings. The largest absolute Gasteiger partial charge is 0.352 e. The molecule has 0 aliphatic carbocycles. The van der Waals surface area contributed by atoms with Crippen LogP contribution in [0.3, 0.4) is 0 Å². The highest BCUT2D eigenvalue weighted by molar-refractivity contribution is 5.78. The second-order valence-corrected chi connectivity index (χ2v) is 5.85. The number of hydrogen-bond donors (Lipinski definition) is 1. The Hall–Kier alpha value is -2.29. The zero-order valence-corrected chi connectivity index (χ0v) is 13.7. The van der Waals surface area contributed by atoms with Gasteiger partial charge in [-0.3, -0.25) is 0 Å². The highest BCUT2D eigenvalue weighted by Crippen LogP contribution is 2.17. The fourth-order valence-corrected chi connectivity index (χ4v) is 2.30. The molecule has 0 aliphatic heterocycles. The van der Waals surface area contributed by atoms with Crippen LogP contribution in [0.15, 0.2) is 60.7 Å². The van der Waals surface area contributed by atoms with E-state index in [0.717, 1.165) is 29.9 Å². The highest BCUT2D eigenvalue weighted by atomic mass is 15.2. The van der Waals surface area contributed by atoms with Gasteiger partial charge in [-0.25, -0.2) is 4.98 Å². The van der Waals surface area contributed by atoms with Crippen LogP contribution in [-0.2, 0) is 7.05 Å². The standard InChI is InChI=1S/C19H25N3/c1-5-9-16(11-8-10-15(2)3)14-20-19-21-17-12-6-7-13-18(17)22(19)4/h5-9,11-13,15H,1,10,14H2,2-4H3,(H,20,21)/b11-8-,16-9+. The number of imidazole rings is 1. The summed E-state index contributed by atoms with van der Waals surface area (Å²) < 4.78 is 2.08. The molecule has 0 fully saturated rings. The van der Waals surface area contributed by atoms with Crippen LogP contribution >= 0.6 is 0 Å². The monoisotopic (exact) mass is 295 g/mol. The lowest BCUT2D eigenvalue weighted by atomic mass is 10.1. The Balaban J connectivity index is 2.08. The lowest BCUT2D eigenvalue weighted by molar-refractivity contribution is 0.663. The van der Waals surface area contributed by atoms with Crippen LogP contribution in [0.5, 0.6) is 0 Å². The summed E-state index contributed by atoms with van der Waals surface area (Å²) in [4.78, 5) is 4.63. The number of aryl methyl sites for hydroxylation is 1. The third-order valence-corrected chi connectivity index (χ3v) is 3.51. The maximum absolute atomic E-state index is 4.63. The number of allylic oxidation sites excluding steroid dienone is 3. The Kier molecular flexibility index (Phi) is 5.59. The van der Waals surface area contributed by atoms with Crippen molar-refractivity contribution >= 4 is 17.0 Å². The van der Waals surface area contributed by atoms with Gasteiger partial charge in [-0.1, -0.05) is 56.9 Å². The number of nitrogens with zero attached hydrogens (tertiary/aromatic N) is 2. The first-order chi connectivity index (χ1) is 10.6. The highest BCUT2D eigenvalue weighted by Gasteiger charge is 2.06. The van der Waals surface area contributed by atoms with Crippen molar-refractivity contribution in [1.82, 2.24) is 9.55 Å². The van der Waals surface area contributed by atoms with Gasteiger partial charge in [0.25, 0.3) is 0 Å². The third-order valence-electron chi connectivity index (χ3n) is 3.51. The average molecular weight is 295 g/mol. The summed E-state index contributed by atoms with van der Waals surface area (Å²) in [5, 5.41) is 3.41. The van der Waals surface area contributed by atoms with Crippen molar-refractivity contribution in [2.45, 2.75) is 20.3 Å². The summed E-state index contributed by atoms with van der Waals surface area (Å²) in [6.07, 6.45) is 9.33. The van der Waals surface area contributed by atoms with E-state index in [9.17, 15) is 0 Å². The van der Waals surface area contributed by atoms with E-state index < -0.39 is 0 Å². The molecule has 0 radical (unpaired) electrons. The number of anilines is 1. The summed E-state index contributed by atoms with van der Waals surface area (Å²) >= 11 is 0. The van der Waals surface area contributed by atoms with Crippen molar-refractivity contribution in [2.24, 2.45) is 13.0 Å². The quantitative estimate of drug-likeness (QED) is 0.750. The molecule has 0 saturated carbocycles. The smallest absolute Gasteiger partial charge is 0.203 e. The number of para-hydroxylation sites is 2. The van der Waals surface area contributed by atoms with E-state index in [2.05, 4.69) is 53.5 Å². The van der Waals surface area contributed by atoms with E-state index in [1.54, 1.807) is 0 Å². The molecule has 3 heteroatoms. The molecule has 0 unspecified atom stereocenters. The van der Waals surface area contributed by atoms with Crippen LogP contribution in [0, 0.1) is 5.92 Å². The molecule has 1 N–H and O–H groups in total. The van der Waals surface area contributed by atoms with Crippen molar-refractivity contribution < 1.29 is 0 Å². The van der Waals surface area contributed by atoms with Crippen LogP contribution in [0.2, 0.25) is 0 Å². The van der Waals surface area contributed by atoms with Crippen molar-refractivity contribution in [2.75, 3.05) is 11.9 Å². The predicted octanol–water partition coefficient (Wildman–Crippen LogP) is 4.70. The first kappa shape index (κ1) is 16.1. The summed E-state index contributed by atoms with van der Waals surface area (Å²) in [7, 11) is 2.03. The zero-order chi connectivity index (χ0) is 15.9. The van der Waals surface area contributed by atoms with Gasteiger partial charge < -0.3 is 9.88 Å². The van der Waals surface area contributed by atoms with Crippen molar-refractivity contribution in [1.29, 1.82) is 0 Å². The fourth-order valence-electron chi connectivity index (χ4n) is 2.30. The minimum absolute atomic E-state index is 0.675. The summed E-state index contributed by atoms with van der Waals surface area (Å²) in [5.41, 5.74) is 3.34. The average Bonchev–Trinajstić information content (AvgIpc) is 2.81. The fraction of sp³-hybridized carbons (Fsp3) is 0.316. The lowest BCUT2D eigenvalue weighted by Gasteiger charge is -2.07. The molecule has 0 amide bonds. The molecule has 0 aliphatic rings. The van der Waals surface area contributed by atoms with E-state index in [0.29, 0.717) is 5.92 Å². The Bertz CT molecular complexity index is 690. The molecule has 22 heavy (non-hydrogen) atoms. The number of fused-ring (bicyclic) bond motifs is 1. The second kappa shape index (κ2) is 7.64. The minimum atomic E-state index is 0.675. The van der Waals surface area contributed by atoms with Gasteiger partial charge in [-0.15, -0.1) is 0 Å². The van der Waals surface area contributed by atoms with Crippen LogP contribution in [0.4, 0.5) is 5.95 Å². The number of aromatic nitrogens is 2. The molecule has 1 aromatic carbocycles. The molecule has 116 valence electrons. The molecule has 1 aromatic heterocycles. The maximum Gasteiger partial charge on any atom is 0.203 e. The van der Waals surface area contributed by atoms with Crippen molar-refractivity contribution in [3.05, 3.63) is 60.7 Å². The van der Waals surface area contributed by atoms with Crippen LogP contribution in [0.25, 0.3) is 11.0 Å². The Morgan fingerprint density at radius 1 is 1.36 bits per heavy atom. The minimum Gasteiger partial charge on any atom is -0.352 e. The van der Waals surface area contributed by atoms with E-state index in [4.69, 9.17) is 0 Å². The van der Waals surface area contributed by atoms with Gasteiger partial charge in [0.15, 0.2) is 0 Å². The van der Waals surface area contributed by atoms with Gasteiger partial charge in [-0.2, -0.15) is 0 Å². The van der Waals surface area contributed by atoms with Gasteiger partial charge in [-0.05, 0) is 30.0 Å². The zero-order valence-electron chi connectivity index (χ0n) is 13.7. The van der Waals surface area contributed by atoms with Gasteiger partial charge >= 0.3 is 0 Å². The lowest BCUT2D eigenvalue weighted by Crippen LogP contribution is -2.08. The number of benzene rings is 1. The SMILES string of the molecule is C=C/C=C(\C=C/CC(C)C)CNc1nc2ccccc2n1C. The summed E-state index contributed by atoms with van der Waals surface area (Å²) in [6.45, 7) is 8.97. The summed E-state index contributed by atoms with van der Waals surface area (Å²) in [6, 6.07) is 8.16. The molecule has 1 heterocycles. The normalized spacial score (nSPS) is 12.5. The molecular formula is C19H25N3. The molecule has 0 spiro atoms. The van der Waals surface area contributed by atoms with E-state index in [-0.39, 0.29) is 0 Å². The topological polar surface area (TPSA) is 29.9 Å². The molecule has 0 atom stereocenters. The summed E-state index contributed by atoms with van der Waals surface area (Å²) in [5.74, 6) is 1.56. The first-order valence-corrected chi connectivity index (χ1v) is 7.75. The molecule has 3 nitrogen and oxygen atoms in total. The third kappa shape index (κ3) is 4.10. The number of nitrogens with one attached hydrogen (secondary N) is 1. The van der Waals surface area contributed by atoms with Gasteiger partial charge in [0.05, 0.1) is 11.0 Å². The van der Waals surface area contributed by atoms with Crippen LogP contribution in [0.1, 0.15) is 20.3 Å². The van der Waals surface area contributed by atoms with Gasteiger partial charge in [0.1, 0.15) is 0 Å². The second-order valence-electron chi connectivity index (χ2n) is 5.85. The van der Waals surface area contributed by atoms with E-state index >= 15 is 0 Å². The Labute approximate surface area is 133 Å². The van der Waals surface area contributed by atoms with Crippen LogP contribution in [-0.4, -0.2) is 16.1 Å². The van der Waals surface area contributed by atoms with E-state index in [1.807, 2.05) is 37.4 Å². The first-order valence-electron chi connectivity index (χ1n) is 7.75.